The smallest absolute Gasteiger partial charge is 0.0541 e. The number of rotatable bonds is 4. The molecule has 0 bridgehead atoms. The van der Waals surface area contributed by atoms with Crippen molar-refractivity contribution in [3.63, 3.8) is 0 Å². The molecule has 240 valence electrons. The van der Waals surface area contributed by atoms with Crippen molar-refractivity contribution >= 4 is 50.6 Å². The molecule has 7 aromatic carbocycles. The lowest BCUT2D eigenvalue weighted by atomic mass is 9.81. The molecule has 0 amide bonds. The molecule has 0 saturated heterocycles. The van der Waals surface area contributed by atoms with Crippen LogP contribution < -0.4 is 0 Å². The standard InChI is InChI=1S/C49H34N2/c1-3-46-45(30-32(2)50-47-25-13-10-22-41(47)42-23-11-14-26-48(42)50)43-24-12-15-27-49(43)51(46)33-28-29-40-38-20-7-6-18-36(38)34-16-4-5-17-35(34)37-19-8-9-21-39(37)44(40)31-33/h3-31H,1H2,2H3/b32-30+,36-34?,37-35?,40-38?,44-39?. The highest BCUT2D eigenvalue weighted by Gasteiger charge is 2.23. The summed E-state index contributed by atoms with van der Waals surface area (Å²) in [6.07, 6.45) is 4.35. The number of fused-ring (bicyclic) bond motifs is 12. The van der Waals surface area contributed by atoms with E-state index < -0.39 is 0 Å². The molecule has 9 aromatic rings. The van der Waals surface area contributed by atoms with Gasteiger partial charge >= 0.3 is 0 Å². The maximum atomic E-state index is 4.39. The molecule has 0 atom stereocenters. The van der Waals surface area contributed by atoms with Crippen molar-refractivity contribution < 1.29 is 0 Å². The largest absolute Gasteiger partial charge is 0.313 e. The highest BCUT2D eigenvalue weighted by atomic mass is 15.0. The number of nitrogens with zero attached hydrogens (tertiary/aromatic N) is 2. The molecule has 0 unspecified atom stereocenters. The predicted molar refractivity (Wildman–Crippen MR) is 218 cm³/mol. The quantitative estimate of drug-likeness (QED) is 0.179. The summed E-state index contributed by atoms with van der Waals surface area (Å²) in [6, 6.07) is 59.6. The normalized spacial score (nSPS) is 12.2. The third-order valence-electron chi connectivity index (χ3n) is 10.6. The Bertz CT molecular complexity index is 2830. The Kier molecular flexibility index (Phi) is 6.59. The van der Waals surface area contributed by atoms with Gasteiger partial charge in [0.05, 0.1) is 22.2 Å². The van der Waals surface area contributed by atoms with Crippen LogP contribution in [0.25, 0.3) is 101 Å². The van der Waals surface area contributed by atoms with Gasteiger partial charge in [-0.25, -0.2) is 0 Å². The lowest BCUT2D eigenvalue weighted by Gasteiger charge is -2.24. The first-order valence-corrected chi connectivity index (χ1v) is 17.6. The van der Waals surface area contributed by atoms with Gasteiger partial charge in [0.2, 0.25) is 0 Å². The zero-order valence-corrected chi connectivity index (χ0v) is 28.3. The van der Waals surface area contributed by atoms with E-state index >= 15 is 0 Å². The molecule has 2 heteroatoms. The van der Waals surface area contributed by atoms with E-state index in [4.69, 9.17) is 0 Å². The molecule has 2 heterocycles. The van der Waals surface area contributed by atoms with Crippen LogP contribution in [0.5, 0.6) is 0 Å². The van der Waals surface area contributed by atoms with Gasteiger partial charge in [-0.2, -0.15) is 0 Å². The molecular weight excluding hydrogens is 617 g/mol. The van der Waals surface area contributed by atoms with Gasteiger partial charge < -0.3 is 9.13 Å². The van der Waals surface area contributed by atoms with Crippen LogP contribution >= 0.6 is 0 Å². The minimum atomic E-state index is 1.07. The maximum absolute atomic E-state index is 4.39. The topological polar surface area (TPSA) is 9.86 Å². The second-order valence-corrected chi connectivity index (χ2v) is 13.4. The summed E-state index contributed by atoms with van der Waals surface area (Å²) in [5.74, 6) is 0. The summed E-state index contributed by atoms with van der Waals surface area (Å²) in [4.78, 5) is 0. The third kappa shape index (κ3) is 4.36. The van der Waals surface area contributed by atoms with Gasteiger partial charge in [0.1, 0.15) is 0 Å². The Morgan fingerprint density at radius 2 is 0.863 bits per heavy atom. The molecule has 0 radical (unpaired) electrons. The zero-order valence-electron chi connectivity index (χ0n) is 28.3. The average Bonchev–Trinajstić information content (AvgIpc) is 3.69. The van der Waals surface area contributed by atoms with Crippen LogP contribution in [0.2, 0.25) is 0 Å². The van der Waals surface area contributed by atoms with Gasteiger partial charge in [0.15, 0.2) is 0 Å². The molecule has 0 N–H and O–H groups in total. The lowest BCUT2D eigenvalue weighted by molar-refractivity contribution is 1.11. The molecule has 0 aliphatic heterocycles. The van der Waals surface area contributed by atoms with Crippen molar-refractivity contribution in [1.82, 2.24) is 9.13 Å². The monoisotopic (exact) mass is 650 g/mol. The van der Waals surface area contributed by atoms with Crippen LogP contribution in [0.4, 0.5) is 0 Å². The highest BCUT2D eigenvalue weighted by molar-refractivity contribution is 6.11. The van der Waals surface area contributed by atoms with Crippen LogP contribution in [0, 0.1) is 0 Å². The first-order valence-electron chi connectivity index (χ1n) is 17.6. The molecular formula is C49H34N2. The third-order valence-corrected chi connectivity index (χ3v) is 10.6. The SMILES string of the molecule is C=Cc1c(/C=C(\C)n2c3ccccc3c3ccccc32)c2ccccc2n1-c1ccc2c(c1)-c1ccccc1-c1ccccc1-c1ccccc1-2. The van der Waals surface area contributed by atoms with Crippen LogP contribution in [0.15, 0.2) is 170 Å². The second kappa shape index (κ2) is 11.5. The Balaban J connectivity index is 1.23. The second-order valence-electron chi connectivity index (χ2n) is 13.4. The Labute approximate surface area is 297 Å². The van der Waals surface area contributed by atoms with Crippen molar-refractivity contribution in [1.29, 1.82) is 0 Å². The van der Waals surface area contributed by atoms with Gasteiger partial charge in [-0.05, 0) is 93.9 Å². The fraction of sp³-hybridized carbons (Fsp3) is 0.0204. The van der Waals surface area contributed by atoms with Gasteiger partial charge in [-0.1, -0.05) is 140 Å². The van der Waals surface area contributed by atoms with Crippen LogP contribution in [0.3, 0.4) is 0 Å². The number of benzene rings is 7. The van der Waals surface area contributed by atoms with E-state index in [-0.39, 0.29) is 0 Å². The molecule has 2 aromatic heterocycles. The summed E-state index contributed by atoms with van der Waals surface area (Å²) in [5, 5.41) is 3.72. The summed E-state index contributed by atoms with van der Waals surface area (Å²) < 4.78 is 4.77. The molecule has 2 nitrogen and oxygen atoms in total. The fourth-order valence-corrected chi connectivity index (χ4v) is 8.48. The van der Waals surface area contributed by atoms with E-state index in [1.165, 1.54) is 71.7 Å². The van der Waals surface area contributed by atoms with E-state index in [2.05, 4.69) is 193 Å². The van der Waals surface area contributed by atoms with E-state index in [0.29, 0.717) is 0 Å². The summed E-state index contributed by atoms with van der Waals surface area (Å²) in [6.45, 7) is 6.61. The van der Waals surface area contributed by atoms with Crippen LogP contribution in [-0.4, -0.2) is 9.13 Å². The molecule has 0 saturated carbocycles. The fourth-order valence-electron chi connectivity index (χ4n) is 8.48. The number of hydrogen-bond acceptors (Lipinski definition) is 0. The number of allylic oxidation sites excluding steroid dienone is 1. The van der Waals surface area contributed by atoms with Crippen molar-refractivity contribution in [2.24, 2.45) is 0 Å². The number of aromatic nitrogens is 2. The summed E-state index contributed by atoms with van der Waals surface area (Å²) >= 11 is 0. The van der Waals surface area contributed by atoms with Crippen molar-refractivity contribution in [3.8, 4) is 50.2 Å². The average molecular weight is 651 g/mol. The maximum Gasteiger partial charge on any atom is 0.0541 e. The first-order chi connectivity index (χ1) is 25.2. The van der Waals surface area contributed by atoms with Crippen molar-refractivity contribution in [2.75, 3.05) is 0 Å². The Morgan fingerprint density at radius 3 is 1.37 bits per heavy atom. The van der Waals surface area contributed by atoms with Gasteiger partial charge in [-0.15, -0.1) is 0 Å². The van der Waals surface area contributed by atoms with E-state index in [1.54, 1.807) is 0 Å². The van der Waals surface area contributed by atoms with Crippen molar-refractivity contribution in [2.45, 2.75) is 6.92 Å². The zero-order chi connectivity index (χ0) is 34.1. The Hall–Kier alpha value is -6.64. The van der Waals surface area contributed by atoms with E-state index in [1.807, 2.05) is 6.08 Å². The molecule has 51 heavy (non-hydrogen) atoms. The number of para-hydroxylation sites is 3. The predicted octanol–water partition coefficient (Wildman–Crippen LogP) is 13.4. The van der Waals surface area contributed by atoms with E-state index in [9.17, 15) is 0 Å². The van der Waals surface area contributed by atoms with E-state index in [0.717, 1.165) is 28.2 Å². The molecule has 0 spiro atoms. The molecule has 10 rings (SSSR count). The van der Waals surface area contributed by atoms with Gasteiger partial charge in [0.25, 0.3) is 0 Å². The molecule has 1 aliphatic carbocycles. The van der Waals surface area contributed by atoms with Crippen LogP contribution in [-0.2, 0) is 0 Å². The summed E-state index contributed by atoms with van der Waals surface area (Å²) in [7, 11) is 0. The van der Waals surface area contributed by atoms with Crippen molar-refractivity contribution in [3.05, 3.63) is 182 Å². The Morgan fingerprint density at radius 1 is 0.451 bits per heavy atom. The highest BCUT2D eigenvalue weighted by Crippen LogP contribution is 2.48. The van der Waals surface area contributed by atoms with Crippen LogP contribution in [0.1, 0.15) is 18.2 Å². The minimum absolute atomic E-state index is 1.07. The molecule has 0 fully saturated rings. The lowest BCUT2D eigenvalue weighted by Crippen LogP contribution is -2.01. The minimum Gasteiger partial charge on any atom is -0.313 e. The summed E-state index contributed by atoms with van der Waals surface area (Å²) in [5.41, 5.74) is 18.0. The van der Waals surface area contributed by atoms with Gasteiger partial charge in [-0.3, -0.25) is 0 Å². The molecule has 1 aliphatic rings. The van der Waals surface area contributed by atoms with Gasteiger partial charge in [0, 0.05) is 33.1 Å². The first kappa shape index (κ1) is 29.3. The number of hydrogen-bond donors (Lipinski definition) is 0.